The van der Waals surface area contributed by atoms with Crippen LogP contribution in [0.4, 0.5) is 0 Å². The summed E-state index contributed by atoms with van der Waals surface area (Å²) in [5.74, 6) is 3.84. The van der Waals surface area contributed by atoms with Crippen molar-refractivity contribution in [2.24, 2.45) is 0 Å². The molecule has 1 aromatic rings. The van der Waals surface area contributed by atoms with E-state index in [1.165, 1.54) is 0 Å². The largest absolute Gasteiger partial charge is 0.493 e. The molecule has 1 nitrogen and oxygen atoms in total. The third-order valence-corrected chi connectivity index (χ3v) is 2.62. The summed E-state index contributed by atoms with van der Waals surface area (Å²) in [6.07, 6.45) is 7.02. The molecule has 0 heterocycles. The van der Waals surface area contributed by atoms with E-state index in [-0.39, 0.29) is 5.92 Å². The van der Waals surface area contributed by atoms with Gasteiger partial charge in [-0.3, -0.25) is 0 Å². The van der Waals surface area contributed by atoms with Gasteiger partial charge in [0.05, 0.1) is 6.61 Å². The van der Waals surface area contributed by atoms with Gasteiger partial charge in [-0.15, -0.1) is 12.3 Å². The van der Waals surface area contributed by atoms with E-state index in [9.17, 15) is 0 Å². The highest BCUT2D eigenvalue weighted by Crippen LogP contribution is 2.31. The van der Waals surface area contributed by atoms with Crippen molar-refractivity contribution >= 4 is 11.6 Å². The van der Waals surface area contributed by atoms with Crippen molar-refractivity contribution in [3.8, 4) is 18.1 Å². The molecule has 0 N–H and O–H groups in total. The zero-order chi connectivity index (χ0) is 12.0. The van der Waals surface area contributed by atoms with Gasteiger partial charge in [-0.1, -0.05) is 25.4 Å². The molecule has 1 aromatic carbocycles. The lowest BCUT2D eigenvalue weighted by molar-refractivity contribution is 0.312. The van der Waals surface area contributed by atoms with E-state index < -0.39 is 0 Å². The van der Waals surface area contributed by atoms with Gasteiger partial charge in [0.1, 0.15) is 5.75 Å². The van der Waals surface area contributed by atoms with Crippen LogP contribution in [0.3, 0.4) is 0 Å². The minimum atomic E-state index is 0.274. The number of terminal acetylenes is 1. The SMILES string of the molecule is C#CCC(C)c1cc(Cl)ccc1OCCC. The fourth-order valence-electron chi connectivity index (χ4n) is 1.53. The maximum absolute atomic E-state index is 5.99. The van der Waals surface area contributed by atoms with Gasteiger partial charge in [0.25, 0.3) is 0 Å². The second kappa shape index (κ2) is 6.45. The second-order valence-corrected chi connectivity index (χ2v) is 4.28. The van der Waals surface area contributed by atoms with Crippen LogP contribution in [0.5, 0.6) is 5.75 Å². The normalized spacial score (nSPS) is 11.9. The molecule has 86 valence electrons. The summed E-state index contributed by atoms with van der Waals surface area (Å²) in [6.45, 7) is 4.89. The molecule has 2 heteroatoms. The predicted molar refractivity (Wildman–Crippen MR) is 69.1 cm³/mol. The van der Waals surface area contributed by atoms with E-state index in [0.29, 0.717) is 6.42 Å². The molecule has 0 aliphatic heterocycles. The summed E-state index contributed by atoms with van der Waals surface area (Å²) in [5.41, 5.74) is 1.10. The molecule has 0 fully saturated rings. The lowest BCUT2D eigenvalue weighted by Gasteiger charge is -2.15. The van der Waals surface area contributed by atoms with Gasteiger partial charge in [0, 0.05) is 11.4 Å². The molecular weight excluding hydrogens is 220 g/mol. The Hall–Kier alpha value is -1.13. The molecule has 16 heavy (non-hydrogen) atoms. The molecular formula is C14H17ClO. The molecule has 0 saturated heterocycles. The fourth-order valence-corrected chi connectivity index (χ4v) is 1.72. The first kappa shape index (κ1) is 12.9. The van der Waals surface area contributed by atoms with Gasteiger partial charge in [-0.25, -0.2) is 0 Å². The number of hydrogen-bond acceptors (Lipinski definition) is 1. The average molecular weight is 237 g/mol. The molecule has 0 radical (unpaired) electrons. The lowest BCUT2D eigenvalue weighted by atomic mass is 9.97. The Morgan fingerprint density at radius 1 is 1.50 bits per heavy atom. The van der Waals surface area contributed by atoms with Gasteiger partial charge in [0.15, 0.2) is 0 Å². The number of halogens is 1. The zero-order valence-electron chi connectivity index (χ0n) is 9.79. The molecule has 1 atom stereocenters. The fraction of sp³-hybridized carbons (Fsp3) is 0.429. The van der Waals surface area contributed by atoms with Gasteiger partial charge in [-0.2, -0.15) is 0 Å². The first-order valence-corrected chi connectivity index (χ1v) is 5.92. The molecule has 0 aliphatic rings. The standard InChI is InChI=1S/C14H17ClO/c1-4-6-11(3)13-10-12(15)7-8-14(13)16-9-5-2/h1,7-8,10-11H,5-6,9H2,2-3H3. The first-order chi connectivity index (χ1) is 7.69. The van der Waals surface area contributed by atoms with Crippen LogP contribution >= 0.6 is 11.6 Å². The zero-order valence-corrected chi connectivity index (χ0v) is 10.6. The average Bonchev–Trinajstić information content (AvgIpc) is 2.27. The topological polar surface area (TPSA) is 9.23 Å². The Bertz CT molecular complexity index is 379. The maximum atomic E-state index is 5.99. The van der Waals surface area contributed by atoms with Crippen molar-refractivity contribution in [2.45, 2.75) is 32.6 Å². The van der Waals surface area contributed by atoms with Crippen LogP contribution in [-0.4, -0.2) is 6.61 Å². The second-order valence-electron chi connectivity index (χ2n) is 3.84. The highest BCUT2D eigenvalue weighted by atomic mass is 35.5. The number of benzene rings is 1. The van der Waals surface area contributed by atoms with Gasteiger partial charge < -0.3 is 4.74 Å². The van der Waals surface area contributed by atoms with Gasteiger partial charge in [0.2, 0.25) is 0 Å². The monoisotopic (exact) mass is 236 g/mol. The summed E-state index contributed by atoms with van der Waals surface area (Å²) >= 11 is 5.99. The van der Waals surface area contributed by atoms with E-state index in [0.717, 1.165) is 29.4 Å². The Labute approximate surface area is 103 Å². The van der Waals surface area contributed by atoms with Crippen LogP contribution in [0.2, 0.25) is 5.02 Å². The maximum Gasteiger partial charge on any atom is 0.122 e. The van der Waals surface area contributed by atoms with Crippen LogP contribution in [0.1, 0.15) is 38.2 Å². The van der Waals surface area contributed by atoms with E-state index in [1.807, 2.05) is 18.2 Å². The Balaban J connectivity index is 2.94. The van der Waals surface area contributed by atoms with Crippen LogP contribution < -0.4 is 4.74 Å². The van der Waals surface area contributed by atoms with E-state index in [2.05, 4.69) is 19.8 Å². The summed E-state index contributed by atoms with van der Waals surface area (Å²) in [6, 6.07) is 5.70. The van der Waals surface area contributed by atoms with Crippen LogP contribution in [0.25, 0.3) is 0 Å². The molecule has 0 spiro atoms. The first-order valence-electron chi connectivity index (χ1n) is 5.54. The van der Waals surface area contributed by atoms with Crippen molar-refractivity contribution in [3.63, 3.8) is 0 Å². The highest BCUT2D eigenvalue weighted by Gasteiger charge is 2.11. The van der Waals surface area contributed by atoms with Crippen LogP contribution in [-0.2, 0) is 0 Å². The third-order valence-electron chi connectivity index (χ3n) is 2.39. The van der Waals surface area contributed by atoms with Crippen molar-refractivity contribution in [3.05, 3.63) is 28.8 Å². The van der Waals surface area contributed by atoms with E-state index in [4.69, 9.17) is 22.8 Å². The number of ether oxygens (including phenoxy) is 1. The molecule has 1 rings (SSSR count). The molecule has 0 saturated carbocycles. The van der Waals surface area contributed by atoms with Crippen molar-refractivity contribution in [1.29, 1.82) is 0 Å². The summed E-state index contributed by atoms with van der Waals surface area (Å²) in [5, 5.41) is 0.725. The molecule has 0 bridgehead atoms. The minimum Gasteiger partial charge on any atom is -0.493 e. The summed E-state index contributed by atoms with van der Waals surface area (Å²) in [7, 11) is 0. The van der Waals surface area contributed by atoms with Crippen LogP contribution in [0.15, 0.2) is 18.2 Å². The minimum absolute atomic E-state index is 0.274. The highest BCUT2D eigenvalue weighted by molar-refractivity contribution is 6.30. The molecule has 0 amide bonds. The smallest absolute Gasteiger partial charge is 0.122 e. The third kappa shape index (κ3) is 3.47. The van der Waals surface area contributed by atoms with Crippen molar-refractivity contribution in [1.82, 2.24) is 0 Å². The Kier molecular flexibility index (Phi) is 5.22. The van der Waals surface area contributed by atoms with E-state index >= 15 is 0 Å². The lowest BCUT2D eigenvalue weighted by Crippen LogP contribution is -2.01. The summed E-state index contributed by atoms with van der Waals surface area (Å²) < 4.78 is 5.68. The quantitative estimate of drug-likeness (QED) is 0.695. The van der Waals surface area contributed by atoms with Crippen LogP contribution in [0, 0.1) is 12.3 Å². The summed E-state index contributed by atoms with van der Waals surface area (Å²) in [4.78, 5) is 0. The van der Waals surface area contributed by atoms with Crippen molar-refractivity contribution in [2.75, 3.05) is 6.61 Å². The number of hydrogen-bond donors (Lipinski definition) is 0. The Morgan fingerprint density at radius 3 is 2.88 bits per heavy atom. The molecule has 1 unspecified atom stereocenters. The number of rotatable bonds is 5. The Morgan fingerprint density at radius 2 is 2.25 bits per heavy atom. The molecule has 0 aliphatic carbocycles. The molecule has 0 aromatic heterocycles. The predicted octanol–water partition coefficient (Wildman–Crippen LogP) is 4.26. The van der Waals surface area contributed by atoms with Gasteiger partial charge in [-0.05, 0) is 36.1 Å². The van der Waals surface area contributed by atoms with Crippen molar-refractivity contribution < 1.29 is 4.74 Å². The van der Waals surface area contributed by atoms with Gasteiger partial charge >= 0.3 is 0 Å². The van der Waals surface area contributed by atoms with E-state index in [1.54, 1.807) is 0 Å².